The van der Waals surface area contributed by atoms with Crippen LogP contribution in [0.2, 0.25) is 0 Å². The Kier molecular flexibility index (Phi) is 12.1. The molecule has 5 N–H and O–H groups in total. The van der Waals surface area contributed by atoms with E-state index in [-0.39, 0.29) is 53.3 Å². The number of hydrogen-bond acceptors (Lipinski definition) is 13. The molecule has 22 heteroatoms. The molecule has 4 aliphatic rings. The van der Waals surface area contributed by atoms with Gasteiger partial charge in [-0.1, -0.05) is 24.3 Å². The number of carbonyl (C=O) groups excluding carboxylic acids is 4. The highest BCUT2D eigenvalue weighted by molar-refractivity contribution is 7.93. The lowest BCUT2D eigenvalue weighted by molar-refractivity contribution is -0.136. The Morgan fingerprint density at radius 1 is 0.929 bits per heavy atom. The van der Waals surface area contributed by atoms with E-state index in [2.05, 4.69) is 20.5 Å². The molecule has 10 rings (SSSR count). The van der Waals surface area contributed by atoms with Gasteiger partial charge in [-0.05, 0) is 86.9 Å². The normalized spacial score (nSPS) is 20.4. The Morgan fingerprint density at radius 2 is 1.69 bits per heavy atom. The number of rotatable bonds is 14. The van der Waals surface area contributed by atoms with Crippen molar-refractivity contribution in [3.63, 3.8) is 0 Å². The van der Waals surface area contributed by atoms with Gasteiger partial charge in [0, 0.05) is 73.9 Å². The number of carbonyl (C=O) groups is 4. The van der Waals surface area contributed by atoms with Crippen molar-refractivity contribution in [2.45, 2.75) is 75.4 Å². The zero-order chi connectivity index (χ0) is 49.2. The molecule has 3 fully saturated rings. The fourth-order valence-electron chi connectivity index (χ4n) is 10.1. The van der Waals surface area contributed by atoms with Gasteiger partial charge in [-0.25, -0.2) is 17.8 Å². The number of benzene rings is 3. The number of anilines is 3. The van der Waals surface area contributed by atoms with Crippen molar-refractivity contribution in [2.24, 2.45) is 13.0 Å². The minimum Gasteiger partial charge on any atom is -0.484 e. The highest BCUT2D eigenvalue weighted by Crippen LogP contribution is 2.42. The summed E-state index contributed by atoms with van der Waals surface area (Å²) < 4.78 is 76.9. The Balaban J connectivity index is 0.790. The van der Waals surface area contributed by atoms with Crippen LogP contribution in [0, 0.1) is 11.7 Å². The summed E-state index contributed by atoms with van der Waals surface area (Å²) in [6, 6.07) is 14.1. The molecular formula is C48H48F3N11O7S. The summed E-state index contributed by atoms with van der Waals surface area (Å²) in [4.78, 5) is 59.1. The predicted octanol–water partition coefficient (Wildman–Crippen LogP) is 6.25. The zero-order valence-electron chi connectivity index (χ0n) is 37.9. The monoisotopic (exact) mass is 979 g/mol. The number of halogens is 3. The fourth-order valence-corrected chi connectivity index (χ4v) is 10.6. The molecule has 364 valence electrons. The number of ether oxygens (including phenoxy) is 1. The number of hydrogen-bond donors (Lipinski definition) is 4. The maximum atomic E-state index is 13.7. The third-order valence-electron chi connectivity index (χ3n) is 13.7. The van der Waals surface area contributed by atoms with Crippen LogP contribution < -0.4 is 25.8 Å². The molecule has 6 aromatic rings. The summed E-state index contributed by atoms with van der Waals surface area (Å²) in [6.07, 6.45) is 8.37. The number of aromatic nitrogens is 5. The molecule has 6 heterocycles. The second-order valence-electron chi connectivity index (χ2n) is 18.3. The number of imide groups is 2. The minimum atomic E-state index is -5.07. The van der Waals surface area contributed by atoms with Gasteiger partial charge in [0.2, 0.25) is 11.8 Å². The third kappa shape index (κ3) is 8.69. The summed E-state index contributed by atoms with van der Waals surface area (Å²) in [5, 5.41) is 15.8. The van der Waals surface area contributed by atoms with Crippen molar-refractivity contribution < 1.29 is 45.5 Å². The Labute approximate surface area is 399 Å². The van der Waals surface area contributed by atoms with Crippen LogP contribution in [0.15, 0.2) is 79.3 Å². The number of piperidine rings is 2. The summed E-state index contributed by atoms with van der Waals surface area (Å²) in [5.74, 6) is -5.74. The van der Waals surface area contributed by atoms with E-state index in [0.29, 0.717) is 44.9 Å². The third-order valence-corrected chi connectivity index (χ3v) is 14.7. The lowest BCUT2D eigenvalue weighted by atomic mass is 9.79. The first-order chi connectivity index (χ1) is 33.5. The molecule has 0 radical (unpaired) electrons. The van der Waals surface area contributed by atoms with Gasteiger partial charge >= 0.3 is 5.76 Å². The second kappa shape index (κ2) is 18.2. The van der Waals surface area contributed by atoms with Gasteiger partial charge in [0.05, 0.1) is 40.0 Å². The van der Waals surface area contributed by atoms with E-state index in [1.54, 1.807) is 49.2 Å². The van der Waals surface area contributed by atoms with E-state index in [9.17, 15) is 40.8 Å². The summed E-state index contributed by atoms with van der Waals surface area (Å²) in [6.45, 7) is 4.34. The molecule has 3 aliphatic heterocycles. The van der Waals surface area contributed by atoms with Gasteiger partial charge in [-0.15, -0.1) is 0 Å². The van der Waals surface area contributed by atoms with Crippen LogP contribution >= 0.6 is 0 Å². The van der Waals surface area contributed by atoms with Crippen molar-refractivity contribution in [3.8, 4) is 28.1 Å². The summed E-state index contributed by atoms with van der Waals surface area (Å²) >= 11 is 0. The molecule has 3 aromatic heterocycles. The number of nitrogens with zero attached hydrogens (tertiary/aromatic N) is 7. The maximum absolute atomic E-state index is 13.7. The zero-order valence-corrected chi connectivity index (χ0v) is 38.8. The second-order valence-corrected chi connectivity index (χ2v) is 19.9. The van der Waals surface area contributed by atoms with Crippen LogP contribution in [0.1, 0.15) is 83.9 Å². The van der Waals surface area contributed by atoms with E-state index in [4.69, 9.17) is 20.7 Å². The maximum Gasteiger partial charge on any atom is 0.355 e. The Hall–Kier alpha value is -7.33. The number of nitrogens with one attached hydrogen (secondary N) is 3. The predicted molar refractivity (Wildman–Crippen MR) is 252 cm³/mol. The molecule has 1 unspecified atom stereocenters. The topological polar surface area (TPSA) is 229 Å². The summed E-state index contributed by atoms with van der Waals surface area (Å²) in [5.41, 5.74) is 10.9. The summed E-state index contributed by atoms with van der Waals surface area (Å²) in [7, 11) is -3.32. The molecule has 1 aliphatic carbocycles. The lowest BCUT2D eigenvalue weighted by Crippen LogP contribution is -2.54. The first-order valence-corrected chi connectivity index (χ1v) is 24.4. The molecule has 4 amide bonds. The van der Waals surface area contributed by atoms with E-state index < -0.39 is 57.4 Å². The first-order valence-electron chi connectivity index (χ1n) is 22.9. The number of alkyl halides is 2. The quantitative estimate of drug-likeness (QED) is 0.0886. The van der Waals surface area contributed by atoms with Crippen LogP contribution in [0.3, 0.4) is 0 Å². The number of likely N-dealkylation sites (tertiary alicyclic amines) is 1. The average Bonchev–Trinajstić information content (AvgIpc) is 4.02. The van der Waals surface area contributed by atoms with Crippen LogP contribution in [-0.4, -0.2) is 104 Å². The number of fused-ring (bicyclic) bond motifs is 2. The Morgan fingerprint density at radius 3 is 2.41 bits per heavy atom. The van der Waals surface area contributed by atoms with E-state index in [1.165, 1.54) is 42.5 Å². The molecule has 18 nitrogen and oxygen atoms in total. The SMILES string of the molecule is C[C@H](Oc1cc(-c2nn(C)c3c(-c4cnn(C5CCN(CC6CC(Nc7cccc8c7C(=O)N(C7CCC(=O)NC7=O)C8=O)C6)CC5)c4)cnc(N)c23)ccc1NS(=O)(=O)C(F)F)c1ccc(F)cc1. The number of sulfonamides is 1. The molecular weight excluding hydrogens is 932 g/mol. The standard InChI is InChI=1S/C48H48F3N11O7S/c1-25(27-6-9-30(49)10-7-27)69-38-20-28(8-11-35(38)58-70(67,68)48(50)51)42-41-43(59(2)57-42)34(22-53-44(41)52)29-21-54-61(24-29)32-14-16-60(17-15-32)23-26-18-31(19-26)55-36-5-3-4-33-40(36)47(66)62(46(33)65)37-12-13-39(63)56-45(37)64/h3-11,20-22,24-26,31-32,37,48,55,58H,12-19,23H2,1-2H3,(H2,52,53)(H,56,63,64)/t25-,26?,31?,37?/m0/s1. The van der Waals surface area contributed by atoms with E-state index in [1.807, 2.05) is 15.6 Å². The van der Waals surface area contributed by atoms with Crippen LogP contribution in [0.25, 0.3) is 33.3 Å². The minimum absolute atomic E-state index is 0.0553. The number of amides is 4. The molecule has 3 aromatic carbocycles. The van der Waals surface area contributed by atoms with Crippen LogP contribution in [0.4, 0.5) is 30.4 Å². The first kappa shape index (κ1) is 46.4. The average molecular weight is 980 g/mol. The highest BCUT2D eigenvalue weighted by atomic mass is 32.2. The van der Waals surface area contributed by atoms with Gasteiger partial charge < -0.3 is 20.7 Å². The molecule has 2 atom stereocenters. The lowest BCUT2D eigenvalue weighted by Gasteiger charge is -2.41. The van der Waals surface area contributed by atoms with Crippen molar-refractivity contribution in [2.75, 3.05) is 35.4 Å². The van der Waals surface area contributed by atoms with Gasteiger partial charge in [0.1, 0.15) is 35.2 Å². The molecule has 0 spiro atoms. The van der Waals surface area contributed by atoms with Crippen LogP contribution in [0.5, 0.6) is 5.75 Å². The number of aryl methyl sites for hydroxylation is 1. The van der Waals surface area contributed by atoms with Crippen molar-refractivity contribution >= 4 is 61.7 Å². The van der Waals surface area contributed by atoms with Gasteiger partial charge in [-0.2, -0.15) is 19.0 Å². The largest absolute Gasteiger partial charge is 0.484 e. The van der Waals surface area contributed by atoms with Crippen molar-refractivity contribution in [3.05, 3.63) is 102 Å². The molecule has 1 saturated carbocycles. The smallest absolute Gasteiger partial charge is 0.355 e. The van der Waals surface area contributed by atoms with Crippen molar-refractivity contribution in [1.82, 2.24) is 39.7 Å². The van der Waals surface area contributed by atoms with Gasteiger partial charge in [0.25, 0.3) is 21.8 Å². The highest BCUT2D eigenvalue weighted by Gasteiger charge is 2.46. The van der Waals surface area contributed by atoms with E-state index in [0.717, 1.165) is 55.8 Å². The number of pyridine rings is 1. The van der Waals surface area contributed by atoms with Gasteiger partial charge in [-0.3, -0.25) is 43.5 Å². The van der Waals surface area contributed by atoms with Crippen LogP contribution in [-0.2, 0) is 26.7 Å². The fraction of sp³-hybridized carbons (Fsp3) is 0.354. The van der Waals surface area contributed by atoms with Crippen molar-refractivity contribution in [1.29, 1.82) is 0 Å². The Bertz CT molecular complexity index is 3190. The van der Waals surface area contributed by atoms with E-state index >= 15 is 0 Å². The molecule has 2 saturated heterocycles. The molecule has 0 bridgehead atoms. The van der Waals surface area contributed by atoms with Gasteiger partial charge in [0.15, 0.2) is 0 Å². The number of nitrogens with two attached hydrogens (primary N) is 1. The number of nitrogen functional groups attached to an aromatic ring is 1. The molecule has 70 heavy (non-hydrogen) atoms.